The molecule has 2 rings (SSSR count). The number of aryl methyl sites for hydroxylation is 1. The maximum atomic E-state index is 12.8. The minimum atomic E-state index is -0.244. The highest BCUT2D eigenvalue weighted by Crippen LogP contribution is 2.27. The zero-order valence-electron chi connectivity index (χ0n) is 10.3. The van der Waals surface area contributed by atoms with Gasteiger partial charge < -0.3 is 0 Å². The third-order valence-corrected chi connectivity index (χ3v) is 3.42. The van der Waals surface area contributed by atoms with Crippen molar-refractivity contribution < 1.29 is 4.39 Å². The Hall–Kier alpha value is -1.85. The fraction of sp³-hybridized carbons (Fsp3) is 0.188. The van der Waals surface area contributed by atoms with Gasteiger partial charge in [0.1, 0.15) is 5.82 Å². The van der Waals surface area contributed by atoms with Crippen LogP contribution in [0.3, 0.4) is 0 Å². The van der Waals surface area contributed by atoms with Crippen LogP contribution in [0.5, 0.6) is 0 Å². The number of benzene rings is 2. The van der Waals surface area contributed by atoms with Gasteiger partial charge in [0.05, 0.1) is 12.0 Å². The topological polar surface area (TPSA) is 23.8 Å². The summed E-state index contributed by atoms with van der Waals surface area (Å²) in [6, 6.07) is 16.0. The Bertz CT molecular complexity index is 586. The normalized spacial score (nSPS) is 11.8. The van der Waals surface area contributed by atoms with Gasteiger partial charge >= 0.3 is 0 Å². The third-order valence-electron chi connectivity index (χ3n) is 3.07. The maximum absolute atomic E-state index is 12.8. The van der Waals surface area contributed by atoms with E-state index in [1.54, 1.807) is 18.2 Å². The average Bonchev–Trinajstić information content (AvgIpc) is 2.43. The van der Waals surface area contributed by atoms with E-state index in [4.69, 9.17) is 11.6 Å². The molecule has 1 atom stereocenters. The van der Waals surface area contributed by atoms with Gasteiger partial charge in [-0.3, -0.25) is 0 Å². The summed E-state index contributed by atoms with van der Waals surface area (Å²) in [5.74, 6) is -0.481. The first-order valence-electron chi connectivity index (χ1n) is 6.09. The number of hydrogen-bond acceptors (Lipinski definition) is 1. The molecule has 0 heterocycles. The van der Waals surface area contributed by atoms with Crippen molar-refractivity contribution >= 4 is 11.6 Å². The molecule has 2 aromatic carbocycles. The maximum Gasteiger partial charge on any atom is 0.123 e. The van der Waals surface area contributed by atoms with Gasteiger partial charge in [-0.15, -0.1) is 0 Å². The fourth-order valence-electron chi connectivity index (χ4n) is 2.01. The van der Waals surface area contributed by atoms with E-state index in [-0.39, 0.29) is 11.7 Å². The molecule has 0 fully saturated rings. The van der Waals surface area contributed by atoms with Gasteiger partial charge in [0, 0.05) is 5.02 Å². The van der Waals surface area contributed by atoms with Crippen LogP contribution in [0.4, 0.5) is 4.39 Å². The lowest BCUT2D eigenvalue weighted by molar-refractivity contribution is 0.626. The van der Waals surface area contributed by atoms with Crippen LogP contribution in [0.15, 0.2) is 48.5 Å². The molecule has 0 saturated carbocycles. The Morgan fingerprint density at radius 3 is 2.42 bits per heavy atom. The summed E-state index contributed by atoms with van der Waals surface area (Å²) >= 11 is 6.10. The Kier molecular flexibility index (Phi) is 4.54. The zero-order valence-corrected chi connectivity index (χ0v) is 11.1. The van der Waals surface area contributed by atoms with Crippen LogP contribution in [-0.2, 0) is 6.42 Å². The molecule has 0 radical (unpaired) electrons. The van der Waals surface area contributed by atoms with Gasteiger partial charge in [0.15, 0.2) is 0 Å². The predicted octanol–water partition coefficient (Wildman–Crippen LogP) is 4.72. The summed E-state index contributed by atoms with van der Waals surface area (Å²) in [5, 5.41) is 9.88. The number of halogens is 2. The SMILES string of the molecule is N#CC(CCc1ccc(F)cc1)c1ccccc1Cl. The second-order valence-electron chi connectivity index (χ2n) is 4.37. The predicted molar refractivity (Wildman–Crippen MR) is 74.5 cm³/mol. The fourth-order valence-corrected chi connectivity index (χ4v) is 2.28. The van der Waals surface area contributed by atoms with Crippen molar-refractivity contribution in [1.29, 1.82) is 5.26 Å². The summed E-state index contributed by atoms with van der Waals surface area (Å²) in [7, 11) is 0. The average molecular weight is 274 g/mol. The Morgan fingerprint density at radius 2 is 1.79 bits per heavy atom. The highest BCUT2D eigenvalue weighted by atomic mass is 35.5. The van der Waals surface area contributed by atoms with Crippen molar-refractivity contribution in [2.75, 3.05) is 0 Å². The quantitative estimate of drug-likeness (QED) is 0.791. The van der Waals surface area contributed by atoms with E-state index >= 15 is 0 Å². The first-order valence-corrected chi connectivity index (χ1v) is 6.47. The van der Waals surface area contributed by atoms with Gasteiger partial charge in [-0.25, -0.2) is 4.39 Å². The van der Waals surface area contributed by atoms with Crippen LogP contribution >= 0.6 is 11.6 Å². The molecule has 0 aliphatic carbocycles. The number of hydrogen-bond donors (Lipinski definition) is 0. The smallest absolute Gasteiger partial charge is 0.123 e. The van der Waals surface area contributed by atoms with Crippen molar-refractivity contribution in [2.45, 2.75) is 18.8 Å². The van der Waals surface area contributed by atoms with Gasteiger partial charge in [-0.05, 0) is 42.2 Å². The molecule has 0 aliphatic heterocycles. The number of nitrogens with zero attached hydrogens (tertiary/aromatic N) is 1. The van der Waals surface area contributed by atoms with Crippen molar-refractivity contribution in [3.8, 4) is 6.07 Å². The molecule has 96 valence electrons. The molecule has 19 heavy (non-hydrogen) atoms. The summed E-state index contributed by atoms with van der Waals surface area (Å²) in [6.07, 6.45) is 1.40. The lowest BCUT2D eigenvalue weighted by Crippen LogP contribution is -1.99. The molecule has 1 unspecified atom stereocenters. The van der Waals surface area contributed by atoms with Crippen LogP contribution in [0.2, 0.25) is 5.02 Å². The largest absolute Gasteiger partial charge is 0.207 e. The Labute approximate surface area is 117 Å². The molecule has 0 N–H and O–H groups in total. The molecule has 3 heteroatoms. The van der Waals surface area contributed by atoms with Gasteiger partial charge in [0.2, 0.25) is 0 Å². The van der Waals surface area contributed by atoms with Crippen LogP contribution in [0, 0.1) is 17.1 Å². The molecule has 0 aliphatic rings. The first-order chi connectivity index (χ1) is 9.20. The zero-order chi connectivity index (χ0) is 13.7. The molecule has 0 spiro atoms. The summed E-state index contributed by atoms with van der Waals surface area (Å²) in [4.78, 5) is 0. The van der Waals surface area contributed by atoms with Crippen molar-refractivity contribution in [1.82, 2.24) is 0 Å². The first kappa shape index (κ1) is 13.6. The van der Waals surface area contributed by atoms with Crippen LogP contribution < -0.4 is 0 Å². The lowest BCUT2D eigenvalue weighted by atomic mass is 9.93. The summed E-state index contributed by atoms with van der Waals surface area (Å²) in [6.45, 7) is 0. The second kappa shape index (κ2) is 6.36. The van der Waals surface area contributed by atoms with Crippen LogP contribution in [0.1, 0.15) is 23.5 Å². The molecule has 1 nitrogen and oxygen atoms in total. The molecule has 0 aromatic heterocycles. The van der Waals surface area contributed by atoms with E-state index in [1.807, 2.05) is 18.2 Å². The molecule has 0 amide bonds. The summed E-state index contributed by atoms with van der Waals surface area (Å²) < 4.78 is 12.8. The standard InChI is InChI=1S/C16H13ClFN/c17-16-4-2-1-3-15(16)13(11-19)8-5-12-6-9-14(18)10-7-12/h1-4,6-7,9-10,13H,5,8H2. The monoisotopic (exact) mass is 273 g/mol. The van der Waals surface area contributed by atoms with Crippen LogP contribution in [0.25, 0.3) is 0 Å². The molecule has 0 bridgehead atoms. The molecular formula is C16H13ClFN. The second-order valence-corrected chi connectivity index (χ2v) is 4.78. The third kappa shape index (κ3) is 3.56. The van der Waals surface area contributed by atoms with Crippen molar-refractivity contribution in [3.05, 3.63) is 70.5 Å². The van der Waals surface area contributed by atoms with E-state index in [9.17, 15) is 9.65 Å². The van der Waals surface area contributed by atoms with E-state index in [0.717, 1.165) is 17.5 Å². The van der Waals surface area contributed by atoms with E-state index < -0.39 is 0 Å². The number of nitriles is 1. The Morgan fingerprint density at radius 1 is 1.11 bits per heavy atom. The molecular weight excluding hydrogens is 261 g/mol. The highest BCUT2D eigenvalue weighted by molar-refractivity contribution is 6.31. The minimum absolute atomic E-state index is 0.237. The molecule has 2 aromatic rings. The van der Waals surface area contributed by atoms with Crippen LogP contribution in [-0.4, -0.2) is 0 Å². The van der Waals surface area contributed by atoms with E-state index in [2.05, 4.69) is 6.07 Å². The highest BCUT2D eigenvalue weighted by Gasteiger charge is 2.13. The lowest BCUT2D eigenvalue weighted by Gasteiger charge is -2.11. The van der Waals surface area contributed by atoms with Gasteiger partial charge in [-0.2, -0.15) is 5.26 Å². The van der Waals surface area contributed by atoms with Gasteiger partial charge in [-0.1, -0.05) is 41.9 Å². The van der Waals surface area contributed by atoms with E-state index in [1.165, 1.54) is 12.1 Å². The Balaban J connectivity index is 2.07. The van der Waals surface area contributed by atoms with E-state index in [0.29, 0.717) is 11.4 Å². The van der Waals surface area contributed by atoms with Crippen molar-refractivity contribution in [3.63, 3.8) is 0 Å². The summed E-state index contributed by atoms with van der Waals surface area (Å²) in [5.41, 5.74) is 1.88. The van der Waals surface area contributed by atoms with Gasteiger partial charge in [0.25, 0.3) is 0 Å². The molecule has 0 saturated heterocycles. The minimum Gasteiger partial charge on any atom is -0.207 e. The number of rotatable bonds is 4. The van der Waals surface area contributed by atoms with Crippen molar-refractivity contribution in [2.24, 2.45) is 0 Å².